The molecule has 1 unspecified atom stereocenters. The van der Waals surface area contributed by atoms with E-state index in [1.165, 1.54) is 0 Å². The van der Waals surface area contributed by atoms with Crippen molar-refractivity contribution in [3.05, 3.63) is 24.0 Å². The Bertz CT molecular complexity index is 397. The van der Waals surface area contributed by atoms with Crippen molar-refractivity contribution in [2.75, 3.05) is 5.32 Å². The molecule has 1 aromatic heterocycles. The lowest BCUT2D eigenvalue weighted by Crippen LogP contribution is -2.27. The first kappa shape index (κ1) is 13.4. The van der Waals surface area contributed by atoms with Crippen molar-refractivity contribution >= 4 is 11.8 Å². The molecule has 0 saturated heterocycles. The van der Waals surface area contributed by atoms with Crippen LogP contribution in [0.1, 0.15) is 39.4 Å². The highest BCUT2D eigenvalue weighted by Gasteiger charge is 2.16. The van der Waals surface area contributed by atoms with Crippen LogP contribution in [0.15, 0.2) is 18.3 Å². The summed E-state index contributed by atoms with van der Waals surface area (Å²) >= 11 is 0. The number of carbonyl (C=O) groups is 1. The first-order chi connectivity index (χ1) is 7.78. The number of ether oxygens (including phenoxy) is 1. The topological polar surface area (TPSA) is 77.2 Å². The molecule has 5 heteroatoms. The number of carbonyl (C=O) groups excluding carboxylic acids is 1. The molecule has 0 aliphatic rings. The molecular formula is C12H19N3O2. The molecule has 1 atom stereocenters. The number of amides is 1. The van der Waals surface area contributed by atoms with Crippen molar-refractivity contribution in [1.29, 1.82) is 0 Å². The Hall–Kier alpha value is -1.62. The van der Waals surface area contributed by atoms with E-state index in [1.54, 1.807) is 18.3 Å². The van der Waals surface area contributed by atoms with Crippen molar-refractivity contribution in [3.8, 4) is 0 Å². The van der Waals surface area contributed by atoms with Crippen LogP contribution < -0.4 is 11.1 Å². The summed E-state index contributed by atoms with van der Waals surface area (Å²) in [6, 6.07) is 3.25. The number of hydrogen-bond acceptors (Lipinski definition) is 4. The second-order valence-corrected chi connectivity index (χ2v) is 4.88. The summed E-state index contributed by atoms with van der Waals surface area (Å²) in [6.45, 7) is 7.27. The van der Waals surface area contributed by atoms with Crippen LogP contribution in [0.5, 0.6) is 0 Å². The maximum atomic E-state index is 11.5. The Balaban J connectivity index is 2.69. The molecule has 1 aromatic rings. The van der Waals surface area contributed by atoms with Crippen LogP contribution in [-0.2, 0) is 4.74 Å². The molecule has 0 aromatic carbocycles. The number of nitrogens with two attached hydrogens (primary N) is 1. The summed E-state index contributed by atoms with van der Waals surface area (Å²) in [7, 11) is 0. The van der Waals surface area contributed by atoms with Gasteiger partial charge in [-0.15, -0.1) is 0 Å². The van der Waals surface area contributed by atoms with Gasteiger partial charge in [0.2, 0.25) is 0 Å². The SMILES string of the molecule is CC(N)c1cc(NC(=O)OC(C)(C)C)ccn1. The zero-order valence-corrected chi connectivity index (χ0v) is 10.7. The molecule has 0 aliphatic heterocycles. The zero-order chi connectivity index (χ0) is 13.1. The summed E-state index contributed by atoms with van der Waals surface area (Å²) in [5, 5.41) is 2.64. The summed E-state index contributed by atoms with van der Waals surface area (Å²) in [4.78, 5) is 15.6. The third kappa shape index (κ3) is 4.82. The van der Waals surface area contributed by atoms with Crippen LogP contribution in [0, 0.1) is 0 Å². The predicted octanol–water partition coefficient (Wildman–Crippen LogP) is 2.45. The van der Waals surface area contributed by atoms with Gasteiger partial charge in [0.25, 0.3) is 0 Å². The molecule has 5 nitrogen and oxygen atoms in total. The third-order valence-electron chi connectivity index (χ3n) is 1.89. The lowest BCUT2D eigenvalue weighted by atomic mass is 10.2. The summed E-state index contributed by atoms with van der Waals surface area (Å²) in [6.07, 6.45) is 1.12. The quantitative estimate of drug-likeness (QED) is 0.828. The first-order valence-corrected chi connectivity index (χ1v) is 5.49. The summed E-state index contributed by atoms with van der Waals surface area (Å²) in [5.74, 6) is 0. The van der Waals surface area contributed by atoms with Gasteiger partial charge < -0.3 is 10.5 Å². The molecule has 1 amide bonds. The normalized spacial score (nSPS) is 13.0. The minimum atomic E-state index is -0.513. The van der Waals surface area contributed by atoms with Gasteiger partial charge in [0.1, 0.15) is 5.60 Å². The van der Waals surface area contributed by atoms with Gasteiger partial charge in [0.05, 0.1) is 5.69 Å². The zero-order valence-electron chi connectivity index (χ0n) is 10.7. The van der Waals surface area contributed by atoms with E-state index in [-0.39, 0.29) is 6.04 Å². The van der Waals surface area contributed by atoms with E-state index in [9.17, 15) is 4.79 Å². The fourth-order valence-corrected chi connectivity index (χ4v) is 1.20. The van der Waals surface area contributed by atoms with Gasteiger partial charge in [0.15, 0.2) is 0 Å². The average molecular weight is 237 g/mol. The van der Waals surface area contributed by atoms with E-state index in [0.717, 1.165) is 5.69 Å². The summed E-state index contributed by atoms with van der Waals surface area (Å²) < 4.78 is 5.14. The highest BCUT2D eigenvalue weighted by Crippen LogP contribution is 2.14. The molecule has 0 radical (unpaired) electrons. The molecular weight excluding hydrogens is 218 g/mol. The Kier molecular flexibility index (Phi) is 4.07. The Labute approximate surface area is 101 Å². The fourth-order valence-electron chi connectivity index (χ4n) is 1.20. The van der Waals surface area contributed by atoms with Gasteiger partial charge in [-0.05, 0) is 39.8 Å². The predicted molar refractivity (Wildman–Crippen MR) is 66.7 cm³/mol. The van der Waals surface area contributed by atoms with Crippen LogP contribution >= 0.6 is 0 Å². The number of hydrogen-bond donors (Lipinski definition) is 2. The number of aromatic nitrogens is 1. The molecule has 94 valence electrons. The lowest BCUT2D eigenvalue weighted by molar-refractivity contribution is 0.0636. The second-order valence-electron chi connectivity index (χ2n) is 4.88. The highest BCUT2D eigenvalue weighted by molar-refractivity contribution is 5.84. The molecule has 0 fully saturated rings. The molecule has 0 bridgehead atoms. The molecule has 0 spiro atoms. The van der Waals surface area contributed by atoms with Gasteiger partial charge in [0, 0.05) is 17.9 Å². The number of pyridine rings is 1. The summed E-state index contributed by atoms with van der Waals surface area (Å²) in [5.41, 5.74) is 6.54. The standard InChI is InChI=1S/C12H19N3O2/c1-8(13)10-7-9(5-6-14-10)15-11(16)17-12(2,3)4/h5-8H,13H2,1-4H3,(H,14,15,16). The van der Waals surface area contributed by atoms with Crippen molar-refractivity contribution in [3.63, 3.8) is 0 Å². The fraction of sp³-hybridized carbons (Fsp3) is 0.500. The molecule has 1 rings (SSSR count). The number of nitrogens with one attached hydrogen (secondary N) is 1. The largest absolute Gasteiger partial charge is 0.444 e. The minimum absolute atomic E-state index is 0.171. The lowest BCUT2D eigenvalue weighted by Gasteiger charge is -2.19. The minimum Gasteiger partial charge on any atom is -0.444 e. The van der Waals surface area contributed by atoms with E-state index < -0.39 is 11.7 Å². The van der Waals surface area contributed by atoms with E-state index in [4.69, 9.17) is 10.5 Å². The monoisotopic (exact) mass is 237 g/mol. The van der Waals surface area contributed by atoms with Crippen LogP contribution in [0.25, 0.3) is 0 Å². The third-order valence-corrected chi connectivity index (χ3v) is 1.89. The molecule has 0 aliphatic carbocycles. The maximum absolute atomic E-state index is 11.5. The number of anilines is 1. The maximum Gasteiger partial charge on any atom is 0.412 e. The van der Waals surface area contributed by atoms with Crippen molar-refractivity contribution in [2.45, 2.75) is 39.3 Å². The molecule has 3 N–H and O–H groups in total. The Morgan fingerprint density at radius 2 is 2.18 bits per heavy atom. The van der Waals surface area contributed by atoms with E-state index in [1.807, 2.05) is 27.7 Å². The van der Waals surface area contributed by atoms with Gasteiger partial charge >= 0.3 is 6.09 Å². The number of nitrogens with zero attached hydrogens (tertiary/aromatic N) is 1. The smallest absolute Gasteiger partial charge is 0.412 e. The first-order valence-electron chi connectivity index (χ1n) is 5.49. The Morgan fingerprint density at radius 3 is 2.71 bits per heavy atom. The van der Waals surface area contributed by atoms with E-state index >= 15 is 0 Å². The molecule has 1 heterocycles. The second kappa shape index (κ2) is 5.14. The van der Waals surface area contributed by atoms with E-state index in [0.29, 0.717) is 5.69 Å². The van der Waals surface area contributed by atoms with Gasteiger partial charge in [-0.25, -0.2) is 4.79 Å². The van der Waals surface area contributed by atoms with Crippen molar-refractivity contribution in [1.82, 2.24) is 4.98 Å². The van der Waals surface area contributed by atoms with Gasteiger partial charge in [-0.1, -0.05) is 0 Å². The van der Waals surface area contributed by atoms with Crippen LogP contribution in [0.2, 0.25) is 0 Å². The van der Waals surface area contributed by atoms with Crippen LogP contribution in [0.3, 0.4) is 0 Å². The Morgan fingerprint density at radius 1 is 1.53 bits per heavy atom. The van der Waals surface area contributed by atoms with Gasteiger partial charge in [-0.3, -0.25) is 10.3 Å². The van der Waals surface area contributed by atoms with Crippen LogP contribution in [-0.4, -0.2) is 16.7 Å². The van der Waals surface area contributed by atoms with Crippen LogP contribution in [0.4, 0.5) is 10.5 Å². The average Bonchev–Trinajstić information content (AvgIpc) is 2.14. The van der Waals surface area contributed by atoms with E-state index in [2.05, 4.69) is 10.3 Å². The molecule has 17 heavy (non-hydrogen) atoms. The van der Waals surface area contributed by atoms with Crippen molar-refractivity contribution in [2.24, 2.45) is 5.73 Å². The number of rotatable bonds is 2. The molecule has 0 saturated carbocycles. The van der Waals surface area contributed by atoms with Gasteiger partial charge in [-0.2, -0.15) is 0 Å². The highest BCUT2D eigenvalue weighted by atomic mass is 16.6. The van der Waals surface area contributed by atoms with Crippen molar-refractivity contribution < 1.29 is 9.53 Å².